The topological polar surface area (TPSA) is 12.0 Å². The minimum Gasteiger partial charge on any atom is -0.317 e. The normalized spacial score (nSPS) is 16.5. The fourth-order valence-corrected chi connectivity index (χ4v) is 1.30. The average molecular weight is 172 g/mol. The zero-order valence-electron chi connectivity index (χ0n) is 8.86. The maximum absolute atomic E-state index is 3.28. The van der Waals surface area contributed by atoms with Gasteiger partial charge in [0, 0.05) is 0 Å². The van der Waals surface area contributed by atoms with Crippen LogP contribution in [0.3, 0.4) is 0 Å². The lowest BCUT2D eigenvalue weighted by atomic mass is 10.2. The second-order valence-electron chi connectivity index (χ2n) is 3.52. The fraction of sp³-hybridized carbons (Fsp3) is 1.00. The number of piperidine rings is 1. The lowest BCUT2D eigenvalue weighted by Gasteiger charge is -2.08. The molecule has 1 fully saturated rings. The van der Waals surface area contributed by atoms with Gasteiger partial charge < -0.3 is 5.32 Å². The highest BCUT2D eigenvalue weighted by molar-refractivity contribution is 4.55. The molecule has 0 atom stereocenters. The first-order chi connectivity index (χ1) is 5.91. The summed E-state index contributed by atoms with van der Waals surface area (Å²) in [5.41, 5.74) is 0. The van der Waals surface area contributed by atoms with Crippen molar-refractivity contribution < 1.29 is 0 Å². The Balaban J connectivity index is 0.000000202. The van der Waals surface area contributed by atoms with Crippen LogP contribution in [0.1, 0.15) is 58.8 Å². The van der Waals surface area contributed by atoms with E-state index in [-0.39, 0.29) is 0 Å². The van der Waals surface area contributed by atoms with Gasteiger partial charge in [-0.15, -0.1) is 0 Å². The molecule has 1 rings (SSSR count). The molecular formula is C11H25N. The van der Waals surface area contributed by atoms with Gasteiger partial charge in [-0.2, -0.15) is 0 Å². The Hall–Kier alpha value is -0.0400. The molecule has 12 heavy (non-hydrogen) atoms. The summed E-state index contributed by atoms with van der Waals surface area (Å²) >= 11 is 0. The molecule has 1 aliphatic rings. The van der Waals surface area contributed by atoms with E-state index in [0.29, 0.717) is 0 Å². The Morgan fingerprint density at radius 2 is 1.33 bits per heavy atom. The van der Waals surface area contributed by atoms with E-state index >= 15 is 0 Å². The molecule has 0 radical (unpaired) electrons. The second kappa shape index (κ2) is 11.0. The molecule has 1 N–H and O–H groups in total. The van der Waals surface area contributed by atoms with Gasteiger partial charge in [0.2, 0.25) is 0 Å². The molecule has 1 heteroatoms. The SMILES string of the molecule is C1CC[15NH]CC1.CCCCCC. The molecule has 1 saturated heterocycles. The summed E-state index contributed by atoms with van der Waals surface area (Å²) < 4.78 is 0. The standard InChI is InChI=1S/C6H14.C5H11N/c1-3-5-6-4-2;1-2-4-6-5-3-1/h3-6H2,1-2H3;6H,1-5H2/i;6+1. The van der Waals surface area contributed by atoms with Gasteiger partial charge in [-0.1, -0.05) is 46.0 Å². The smallest absolute Gasteiger partial charge is 0.00489 e. The van der Waals surface area contributed by atoms with Gasteiger partial charge in [-0.25, -0.2) is 0 Å². The molecule has 74 valence electrons. The Morgan fingerprint density at radius 1 is 0.833 bits per heavy atom. The molecule has 0 aromatic carbocycles. The van der Waals surface area contributed by atoms with Crippen molar-refractivity contribution in [1.29, 1.82) is 0 Å². The van der Waals surface area contributed by atoms with Crippen LogP contribution in [0.15, 0.2) is 0 Å². The maximum atomic E-state index is 3.28. The molecule has 0 aliphatic carbocycles. The summed E-state index contributed by atoms with van der Waals surface area (Å²) in [6.07, 6.45) is 9.75. The minimum absolute atomic E-state index is 1.25. The molecule has 0 saturated carbocycles. The van der Waals surface area contributed by atoms with E-state index in [1.807, 2.05) is 0 Å². The van der Waals surface area contributed by atoms with Crippen LogP contribution >= 0.6 is 0 Å². The Labute approximate surface area is 77.9 Å². The molecule has 1 aliphatic heterocycles. The quantitative estimate of drug-likeness (QED) is 0.508. The highest BCUT2D eigenvalue weighted by Crippen LogP contribution is 1.96. The number of unbranched alkanes of at least 4 members (excludes halogenated alkanes) is 3. The Morgan fingerprint density at radius 3 is 1.50 bits per heavy atom. The van der Waals surface area contributed by atoms with Crippen LogP contribution in [-0.4, -0.2) is 13.1 Å². The van der Waals surface area contributed by atoms with Crippen molar-refractivity contribution >= 4 is 0 Å². The van der Waals surface area contributed by atoms with Crippen LogP contribution < -0.4 is 5.32 Å². The molecule has 0 bridgehead atoms. The Kier molecular flexibility index (Phi) is 10.9. The summed E-state index contributed by atoms with van der Waals surface area (Å²) in [5.74, 6) is 0. The molecule has 1 heterocycles. The highest BCUT2D eigenvalue weighted by atomic mass is 15.6. The van der Waals surface area contributed by atoms with Crippen molar-refractivity contribution in [3.63, 3.8) is 0 Å². The van der Waals surface area contributed by atoms with Crippen LogP contribution in [0.4, 0.5) is 0 Å². The lowest BCUT2D eigenvalue weighted by Crippen LogP contribution is -2.21. The first-order valence-electron chi connectivity index (χ1n) is 5.62. The molecule has 0 aromatic heterocycles. The van der Waals surface area contributed by atoms with E-state index in [1.165, 1.54) is 58.0 Å². The summed E-state index contributed by atoms with van der Waals surface area (Å²) in [5, 5.41) is 3.28. The van der Waals surface area contributed by atoms with Gasteiger partial charge in [0.1, 0.15) is 0 Å². The van der Waals surface area contributed by atoms with Crippen LogP contribution in [0.25, 0.3) is 0 Å². The average Bonchev–Trinajstić information content (AvgIpc) is 2.18. The van der Waals surface area contributed by atoms with Crippen LogP contribution in [0.2, 0.25) is 0 Å². The zero-order chi connectivity index (χ0) is 9.07. The van der Waals surface area contributed by atoms with Gasteiger partial charge >= 0.3 is 0 Å². The summed E-state index contributed by atoms with van der Waals surface area (Å²) in [6, 6.07) is 0. The first-order valence-corrected chi connectivity index (χ1v) is 5.62. The lowest BCUT2D eigenvalue weighted by molar-refractivity contribution is 0.520. The van der Waals surface area contributed by atoms with Crippen molar-refractivity contribution in [1.82, 2.24) is 5.32 Å². The molecule has 0 aromatic rings. The fourth-order valence-electron chi connectivity index (χ4n) is 1.30. The number of hydrogen-bond donors (Lipinski definition) is 1. The van der Waals surface area contributed by atoms with Crippen LogP contribution in [-0.2, 0) is 0 Å². The third-order valence-electron chi connectivity index (χ3n) is 2.16. The van der Waals surface area contributed by atoms with Gasteiger partial charge in [0.25, 0.3) is 0 Å². The minimum atomic E-state index is 1.25. The zero-order valence-corrected chi connectivity index (χ0v) is 8.86. The summed E-state index contributed by atoms with van der Waals surface area (Å²) in [7, 11) is 0. The maximum Gasteiger partial charge on any atom is -0.00489 e. The van der Waals surface area contributed by atoms with Gasteiger partial charge in [-0.05, 0) is 25.9 Å². The third-order valence-corrected chi connectivity index (χ3v) is 2.16. The van der Waals surface area contributed by atoms with Gasteiger partial charge in [-0.3, -0.25) is 0 Å². The molecule has 1 nitrogen and oxygen atoms in total. The monoisotopic (exact) mass is 172 g/mol. The Bertz CT molecular complexity index is 51.9. The molecule has 0 amide bonds. The third kappa shape index (κ3) is 9.96. The number of nitrogens with one attached hydrogen (secondary N) is 1. The van der Waals surface area contributed by atoms with Gasteiger partial charge in [0.05, 0.1) is 0 Å². The van der Waals surface area contributed by atoms with E-state index in [2.05, 4.69) is 19.2 Å². The largest absolute Gasteiger partial charge is 0.317 e. The molecular weight excluding hydrogens is 147 g/mol. The van der Waals surface area contributed by atoms with Crippen molar-refractivity contribution in [2.45, 2.75) is 58.8 Å². The molecule has 0 unspecified atom stereocenters. The first kappa shape index (κ1) is 12.0. The van der Waals surface area contributed by atoms with Crippen molar-refractivity contribution in [2.24, 2.45) is 0 Å². The highest BCUT2D eigenvalue weighted by Gasteiger charge is 1.93. The van der Waals surface area contributed by atoms with Gasteiger partial charge in [0.15, 0.2) is 0 Å². The van der Waals surface area contributed by atoms with E-state index in [1.54, 1.807) is 0 Å². The van der Waals surface area contributed by atoms with E-state index in [9.17, 15) is 0 Å². The summed E-state index contributed by atoms with van der Waals surface area (Å²) in [6.45, 7) is 6.96. The van der Waals surface area contributed by atoms with Crippen molar-refractivity contribution in [3.8, 4) is 0 Å². The predicted octanol–water partition coefficient (Wildman–Crippen LogP) is 3.35. The predicted molar refractivity (Wildman–Crippen MR) is 56.5 cm³/mol. The molecule has 0 spiro atoms. The van der Waals surface area contributed by atoms with E-state index in [4.69, 9.17) is 0 Å². The number of rotatable bonds is 3. The summed E-state index contributed by atoms with van der Waals surface area (Å²) in [4.78, 5) is 0. The van der Waals surface area contributed by atoms with Crippen LogP contribution in [0.5, 0.6) is 0 Å². The number of hydrogen-bond acceptors (Lipinski definition) is 1. The van der Waals surface area contributed by atoms with E-state index < -0.39 is 0 Å². The van der Waals surface area contributed by atoms with E-state index in [0.717, 1.165) is 0 Å². The second-order valence-corrected chi connectivity index (χ2v) is 3.52. The van der Waals surface area contributed by atoms with Crippen molar-refractivity contribution in [2.75, 3.05) is 13.1 Å². The van der Waals surface area contributed by atoms with Crippen molar-refractivity contribution in [3.05, 3.63) is 0 Å². The van der Waals surface area contributed by atoms with Crippen LogP contribution in [0, 0.1) is 0 Å².